The minimum absolute atomic E-state index is 0.834. The summed E-state index contributed by atoms with van der Waals surface area (Å²) >= 11 is 5.62. The molecule has 5 heteroatoms. The Labute approximate surface area is 172 Å². The molecule has 1 nitrogen and oxygen atoms in total. The molecule has 0 bridgehead atoms. The van der Waals surface area contributed by atoms with Gasteiger partial charge in [0.1, 0.15) is 0 Å². The molecule has 4 heterocycles. The average molecular weight is 405 g/mol. The Morgan fingerprint density at radius 3 is 1.93 bits per heavy atom. The second-order valence-corrected chi connectivity index (χ2v) is 10.4. The van der Waals surface area contributed by atoms with E-state index >= 15 is 0 Å². The summed E-state index contributed by atoms with van der Waals surface area (Å²) in [6, 6.07) is 22.4. The van der Waals surface area contributed by atoms with E-state index in [4.69, 9.17) is 0 Å². The van der Waals surface area contributed by atoms with Crippen molar-refractivity contribution in [2.45, 2.75) is 0 Å². The summed E-state index contributed by atoms with van der Waals surface area (Å²) in [5.74, 6) is 0. The molecule has 0 amide bonds. The van der Waals surface area contributed by atoms with E-state index in [9.17, 15) is 0 Å². The standard InChI is InChI=1S/C22H20BNS3/c1-24(2)19-9-4-3-8-17(19)16-18(20-10-5-13-25-20)23(24,21-11-6-14-26-21)22-12-7-15-27-22/h3-16H,1-2H3. The number of benzene rings is 1. The third-order valence-corrected chi connectivity index (χ3v) is 9.01. The Hall–Kier alpha value is -1.92. The van der Waals surface area contributed by atoms with E-state index in [0.29, 0.717) is 0 Å². The predicted octanol–water partition coefficient (Wildman–Crippen LogP) is 5.29. The van der Waals surface area contributed by atoms with Crippen LogP contribution >= 0.6 is 34.0 Å². The molecule has 0 unspecified atom stereocenters. The molecule has 0 N–H and O–H groups in total. The lowest BCUT2D eigenvalue weighted by atomic mass is 9.25. The van der Waals surface area contributed by atoms with Gasteiger partial charge >= 0.3 is 6.28 Å². The second kappa shape index (κ2) is 6.31. The molecule has 1 aliphatic rings. The number of rotatable bonds is 3. The van der Waals surface area contributed by atoms with Gasteiger partial charge in [-0.2, -0.15) is 22.7 Å². The van der Waals surface area contributed by atoms with Crippen molar-refractivity contribution >= 4 is 67.1 Å². The number of para-hydroxylation sites is 1. The van der Waals surface area contributed by atoms with Crippen LogP contribution < -0.4 is 13.9 Å². The molecular weight excluding hydrogens is 385 g/mol. The number of hydrogen-bond acceptors (Lipinski definition) is 3. The molecule has 0 saturated carbocycles. The van der Waals surface area contributed by atoms with E-state index in [2.05, 4.69) is 97.0 Å². The molecule has 0 fully saturated rings. The molecule has 1 aliphatic heterocycles. The van der Waals surface area contributed by atoms with Crippen molar-refractivity contribution in [3.05, 3.63) is 87.2 Å². The van der Waals surface area contributed by atoms with Gasteiger partial charge in [0.05, 0.1) is 5.69 Å². The zero-order valence-electron chi connectivity index (χ0n) is 15.3. The van der Waals surface area contributed by atoms with E-state index in [1.54, 1.807) is 0 Å². The third kappa shape index (κ3) is 2.32. The number of hydrogen-bond donors (Lipinski definition) is 0. The maximum absolute atomic E-state index is 2.45. The fourth-order valence-corrected chi connectivity index (χ4v) is 8.11. The van der Waals surface area contributed by atoms with Gasteiger partial charge in [0.15, 0.2) is 0 Å². The van der Waals surface area contributed by atoms with Crippen LogP contribution in [0, 0.1) is 0 Å². The minimum Gasteiger partial charge on any atom is -0.473 e. The molecule has 27 heavy (non-hydrogen) atoms. The van der Waals surface area contributed by atoms with Crippen molar-refractivity contribution < 1.29 is 0 Å². The second-order valence-electron chi connectivity index (χ2n) is 7.53. The highest BCUT2D eigenvalue weighted by Crippen LogP contribution is 2.45. The molecule has 3 aromatic heterocycles. The van der Waals surface area contributed by atoms with Crippen molar-refractivity contribution in [3.63, 3.8) is 0 Å². The van der Waals surface area contributed by atoms with E-state index in [1.165, 1.54) is 31.2 Å². The summed E-state index contributed by atoms with van der Waals surface area (Å²) in [5, 5.41) is 6.64. The van der Waals surface area contributed by atoms with Gasteiger partial charge in [0.25, 0.3) is 0 Å². The number of quaternary nitrogens is 1. The van der Waals surface area contributed by atoms with Gasteiger partial charge < -0.3 is 4.39 Å². The lowest BCUT2D eigenvalue weighted by molar-refractivity contribution is 0.612. The molecule has 0 saturated heterocycles. The molecule has 0 spiro atoms. The van der Waals surface area contributed by atoms with Crippen LogP contribution in [0.4, 0.5) is 5.69 Å². The Morgan fingerprint density at radius 2 is 1.33 bits per heavy atom. The number of nitrogens with zero attached hydrogens (tertiary/aromatic N) is 1. The van der Waals surface area contributed by atoms with E-state index in [-0.39, 0.29) is 0 Å². The normalized spacial score (nSPS) is 17.3. The first-order chi connectivity index (χ1) is 13.2. The number of thiophene rings is 3. The van der Waals surface area contributed by atoms with Crippen molar-refractivity contribution in [2.24, 2.45) is 0 Å². The molecule has 0 aliphatic carbocycles. The summed E-state index contributed by atoms with van der Waals surface area (Å²) in [6.45, 7) is 0. The minimum atomic E-state index is -1.17. The Bertz CT molecular complexity index is 1060. The van der Waals surface area contributed by atoms with Crippen LogP contribution in [0.25, 0.3) is 11.5 Å². The maximum Gasteiger partial charge on any atom is 0.315 e. The van der Waals surface area contributed by atoms with Crippen LogP contribution in [-0.4, -0.2) is 20.4 Å². The first-order valence-corrected chi connectivity index (χ1v) is 11.7. The summed E-state index contributed by atoms with van der Waals surface area (Å²) in [4.78, 5) is 1.37. The Morgan fingerprint density at radius 1 is 0.704 bits per heavy atom. The maximum atomic E-state index is 2.45. The van der Waals surface area contributed by atoms with Crippen LogP contribution in [0.1, 0.15) is 10.4 Å². The largest absolute Gasteiger partial charge is 0.473 e. The predicted molar refractivity (Wildman–Crippen MR) is 126 cm³/mol. The van der Waals surface area contributed by atoms with Gasteiger partial charge in [0, 0.05) is 19.7 Å². The average Bonchev–Trinajstić information content (AvgIpc) is 3.43. The molecule has 1 aromatic carbocycles. The Balaban J connectivity index is 1.95. The molecule has 0 radical (unpaired) electrons. The van der Waals surface area contributed by atoms with Gasteiger partial charge in [-0.15, -0.1) is 16.8 Å². The molecule has 134 valence electrons. The quantitative estimate of drug-likeness (QED) is 0.406. The first kappa shape index (κ1) is 17.2. The van der Waals surface area contributed by atoms with Crippen LogP contribution in [0.3, 0.4) is 0 Å². The summed E-state index contributed by atoms with van der Waals surface area (Å²) in [7, 11) is 4.78. The van der Waals surface area contributed by atoms with E-state index in [0.717, 1.165) is 4.39 Å². The monoisotopic (exact) mass is 405 g/mol. The first-order valence-electron chi connectivity index (χ1n) is 9.08. The molecule has 0 atom stereocenters. The summed E-state index contributed by atoms with van der Waals surface area (Å²) in [6.07, 6.45) is 1.28. The topological polar surface area (TPSA) is 0 Å². The highest BCUT2D eigenvalue weighted by molar-refractivity contribution is 7.41. The smallest absolute Gasteiger partial charge is 0.315 e. The van der Waals surface area contributed by atoms with Crippen LogP contribution in [0.15, 0.2) is 76.8 Å². The zero-order valence-corrected chi connectivity index (χ0v) is 17.8. The van der Waals surface area contributed by atoms with Gasteiger partial charge in [-0.3, -0.25) is 0 Å². The SMILES string of the molecule is C[N+]1(C)c2ccccc2C=C(c2cccs2)[B-]1(c1cccs1)c1cccs1. The van der Waals surface area contributed by atoms with E-state index < -0.39 is 6.28 Å². The van der Waals surface area contributed by atoms with Crippen molar-refractivity contribution in [3.8, 4) is 0 Å². The molecular formula is C22H20BNS3. The third-order valence-electron chi connectivity index (χ3n) is 6.00. The van der Waals surface area contributed by atoms with Gasteiger partial charge in [0.2, 0.25) is 0 Å². The zero-order chi connectivity index (χ0) is 18.5. The van der Waals surface area contributed by atoms with E-state index in [1.807, 2.05) is 34.0 Å². The molecule has 5 rings (SSSR count). The summed E-state index contributed by atoms with van der Waals surface area (Å²) in [5.41, 5.74) is 4.18. The highest BCUT2D eigenvalue weighted by atomic mass is 32.1. The fraction of sp³-hybridized carbons (Fsp3) is 0.0909. The molecule has 4 aromatic rings. The van der Waals surface area contributed by atoms with Crippen molar-refractivity contribution in [1.29, 1.82) is 0 Å². The summed E-state index contributed by atoms with van der Waals surface area (Å²) < 4.78 is 3.74. The Kier molecular flexibility index (Phi) is 4.02. The van der Waals surface area contributed by atoms with Gasteiger partial charge in [-0.25, -0.2) is 0 Å². The van der Waals surface area contributed by atoms with Crippen LogP contribution in [-0.2, 0) is 0 Å². The van der Waals surface area contributed by atoms with Crippen molar-refractivity contribution in [1.82, 2.24) is 4.39 Å². The lowest BCUT2D eigenvalue weighted by Crippen LogP contribution is -2.78. The fourth-order valence-electron chi connectivity index (χ4n) is 4.84. The van der Waals surface area contributed by atoms with Gasteiger partial charge in [-0.05, 0) is 39.2 Å². The van der Waals surface area contributed by atoms with Crippen molar-refractivity contribution in [2.75, 3.05) is 14.1 Å². The van der Waals surface area contributed by atoms with Crippen LogP contribution in [0.5, 0.6) is 0 Å². The van der Waals surface area contributed by atoms with Crippen LogP contribution in [0.2, 0.25) is 0 Å². The highest BCUT2D eigenvalue weighted by Gasteiger charge is 2.53. The van der Waals surface area contributed by atoms with Gasteiger partial charge in [-0.1, -0.05) is 58.1 Å². The number of fused-ring (bicyclic) bond motifs is 1. The lowest BCUT2D eigenvalue weighted by Gasteiger charge is -2.58.